The zero-order valence-electron chi connectivity index (χ0n) is 18.2. The molecule has 0 aliphatic carbocycles. The molecule has 0 atom stereocenters. The van der Waals surface area contributed by atoms with Crippen molar-refractivity contribution in [3.8, 4) is 28.3 Å². The summed E-state index contributed by atoms with van der Waals surface area (Å²) in [6, 6.07) is 17.7. The standard InChI is InChI=1S/C25H30N4O2/c1-18(2)26-25(30)21-7-5-6-20(16-21)24-17-23(27-28-24)19-8-10-22(11-9-19)31-15-14-29-12-3-4-13-29/h5-11,16-18H,3-4,12-15H2,1-2H3,(H,26,30)(H,27,28). The number of hydrogen-bond acceptors (Lipinski definition) is 4. The van der Waals surface area contributed by atoms with Crippen molar-refractivity contribution in [2.75, 3.05) is 26.2 Å². The number of H-pyrrole nitrogens is 1. The second-order valence-corrected chi connectivity index (χ2v) is 8.30. The lowest BCUT2D eigenvalue weighted by Crippen LogP contribution is -2.30. The smallest absolute Gasteiger partial charge is 0.251 e. The third-order valence-electron chi connectivity index (χ3n) is 5.46. The second-order valence-electron chi connectivity index (χ2n) is 8.30. The topological polar surface area (TPSA) is 70.2 Å². The fraction of sp³-hybridized carbons (Fsp3) is 0.360. The summed E-state index contributed by atoms with van der Waals surface area (Å²) < 4.78 is 5.89. The van der Waals surface area contributed by atoms with Gasteiger partial charge in [0.2, 0.25) is 0 Å². The highest BCUT2D eigenvalue weighted by Crippen LogP contribution is 2.26. The molecule has 1 saturated heterocycles. The molecular formula is C25H30N4O2. The van der Waals surface area contributed by atoms with Crippen LogP contribution in [0.25, 0.3) is 22.5 Å². The van der Waals surface area contributed by atoms with Crippen LogP contribution in [0.3, 0.4) is 0 Å². The molecule has 4 rings (SSSR count). The fourth-order valence-corrected chi connectivity index (χ4v) is 3.81. The number of nitrogens with one attached hydrogen (secondary N) is 2. The Morgan fingerprint density at radius 2 is 1.87 bits per heavy atom. The van der Waals surface area contributed by atoms with Crippen LogP contribution < -0.4 is 10.1 Å². The molecule has 2 N–H and O–H groups in total. The Hall–Kier alpha value is -3.12. The molecular weight excluding hydrogens is 388 g/mol. The molecule has 0 bridgehead atoms. The quantitative estimate of drug-likeness (QED) is 0.570. The predicted octanol–water partition coefficient (Wildman–Crippen LogP) is 4.36. The number of aromatic amines is 1. The van der Waals surface area contributed by atoms with E-state index in [2.05, 4.69) is 20.4 Å². The van der Waals surface area contributed by atoms with Gasteiger partial charge in [0.1, 0.15) is 12.4 Å². The van der Waals surface area contributed by atoms with Gasteiger partial charge in [0.15, 0.2) is 0 Å². The maximum Gasteiger partial charge on any atom is 0.251 e. The Morgan fingerprint density at radius 1 is 1.10 bits per heavy atom. The molecule has 6 heteroatoms. The van der Waals surface area contributed by atoms with Crippen molar-refractivity contribution in [1.82, 2.24) is 20.4 Å². The average Bonchev–Trinajstić information content (AvgIpc) is 3.46. The first-order valence-corrected chi connectivity index (χ1v) is 11.0. The normalized spacial score (nSPS) is 14.2. The van der Waals surface area contributed by atoms with Crippen LogP contribution in [0.2, 0.25) is 0 Å². The minimum atomic E-state index is -0.0760. The van der Waals surface area contributed by atoms with E-state index in [-0.39, 0.29) is 11.9 Å². The summed E-state index contributed by atoms with van der Waals surface area (Å²) in [6.07, 6.45) is 2.60. The van der Waals surface area contributed by atoms with Crippen LogP contribution in [0, 0.1) is 0 Å². The van der Waals surface area contributed by atoms with Crippen molar-refractivity contribution in [2.45, 2.75) is 32.7 Å². The average molecular weight is 419 g/mol. The van der Waals surface area contributed by atoms with Crippen molar-refractivity contribution >= 4 is 5.91 Å². The lowest BCUT2D eigenvalue weighted by atomic mass is 10.1. The van der Waals surface area contributed by atoms with E-state index in [0.717, 1.165) is 34.8 Å². The Labute approximate surface area is 183 Å². The molecule has 0 radical (unpaired) electrons. The molecule has 2 aromatic carbocycles. The van der Waals surface area contributed by atoms with Crippen molar-refractivity contribution in [1.29, 1.82) is 0 Å². The summed E-state index contributed by atoms with van der Waals surface area (Å²) in [6.45, 7) is 7.98. The zero-order chi connectivity index (χ0) is 21.6. The molecule has 162 valence electrons. The van der Waals surface area contributed by atoms with Crippen LogP contribution in [-0.4, -0.2) is 53.3 Å². The lowest BCUT2D eigenvalue weighted by Gasteiger charge is -2.14. The van der Waals surface area contributed by atoms with Gasteiger partial charge in [0.05, 0.1) is 11.4 Å². The second kappa shape index (κ2) is 9.79. The van der Waals surface area contributed by atoms with Gasteiger partial charge in [0, 0.05) is 23.7 Å². The minimum Gasteiger partial charge on any atom is -0.492 e. The molecule has 1 aliphatic heterocycles. The van der Waals surface area contributed by atoms with E-state index in [1.165, 1.54) is 25.9 Å². The van der Waals surface area contributed by atoms with Crippen molar-refractivity contribution in [2.24, 2.45) is 0 Å². The molecule has 0 unspecified atom stereocenters. The highest BCUT2D eigenvalue weighted by molar-refractivity contribution is 5.95. The van der Waals surface area contributed by atoms with Gasteiger partial charge in [0.25, 0.3) is 5.91 Å². The van der Waals surface area contributed by atoms with Gasteiger partial charge >= 0.3 is 0 Å². The number of benzene rings is 2. The van der Waals surface area contributed by atoms with E-state index in [4.69, 9.17) is 4.74 Å². The minimum absolute atomic E-state index is 0.0760. The van der Waals surface area contributed by atoms with E-state index in [1.54, 1.807) is 0 Å². The van der Waals surface area contributed by atoms with Crippen LogP contribution >= 0.6 is 0 Å². The number of likely N-dealkylation sites (tertiary alicyclic amines) is 1. The predicted molar refractivity (Wildman–Crippen MR) is 123 cm³/mol. The summed E-state index contributed by atoms with van der Waals surface area (Å²) in [5.74, 6) is 0.805. The Kier molecular flexibility index (Phi) is 6.67. The number of aromatic nitrogens is 2. The lowest BCUT2D eigenvalue weighted by molar-refractivity contribution is 0.0943. The molecule has 1 aliphatic rings. The van der Waals surface area contributed by atoms with Crippen LogP contribution in [-0.2, 0) is 0 Å². The summed E-state index contributed by atoms with van der Waals surface area (Å²) in [5, 5.41) is 10.5. The third-order valence-corrected chi connectivity index (χ3v) is 5.46. The van der Waals surface area contributed by atoms with Crippen molar-refractivity contribution < 1.29 is 9.53 Å². The number of ether oxygens (including phenoxy) is 1. The summed E-state index contributed by atoms with van der Waals surface area (Å²) in [5.41, 5.74) is 4.31. The van der Waals surface area contributed by atoms with Gasteiger partial charge in [-0.15, -0.1) is 0 Å². The van der Waals surface area contributed by atoms with Crippen LogP contribution in [0.15, 0.2) is 54.6 Å². The number of rotatable bonds is 8. The number of nitrogens with zero attached hydrogens (tertiary/aromatic N) is 2. The van der Waals surface area contributed by atoms with Crippen LogP contribution in [0.4, 0.5) is 0 Å². The van der Waals surface area contributed by atoms with Gasteiger partial charge in [-0.05, 0) is 87.8 Å². The molecule has 1 fully saturated rings. The first-order chi connectivity index (χ1) is 15.1. The molecule has 1 aromatic heterocycles. The first-order valence-electron chi connectivity index (χ1n) is 11.0. The maximum absolute atomic E-state index is 12.3. The highest BCUT2D eigenvalue weighted by Gasteiger charge is 2.12. The van der Waals surface area contributed by atoms with Gasteiger partial charge in [-0.3, -0.25) is 14.8 Å². The van der Waals surface area contributed by atoms with E-state index in [1.807, 2.05) is 68.4 Å². The van der Waals surface area contributed by atoms with Gasteiger partial charge < -0.3 is 10.1 Å². The SMILES string of the molecule is CC(C)NC(=O)c1cccc(-c2cc(-c3ccc(OCCN4CCCC4)cc3)[nH]n2)c1. The van der Waals surface area contributed by atoms with Crippen molar-refractivity contribution in [3.05, 3.63) is 60.2 Å². The molecule has 1 amide bonds. The summed E-state index contributed by atoms with van der Waals surface area (Å²) in [7, 11) is 0. The Balaban J connectivity index is 1.40. The number of amides is 1. The molecule has 0 saturated carbocycles. The molecule has 2 heterocycles. The highest BCUT2D eigenvalue weighted by atomic mass is 16.5. The van der Waals surface area contributed by atoms with E-state index in [9.17, 15) is 4.79 Å². The molecule has 3 aromatic rings. The number of carbonyl (C=O) groups is 1. The monoisotopic (exact) mass is 418 g/mol. The van der Waals surface area contributed by atoms with Gasteiger partial charge in [-0.25, -0.2) is 0 Å². The zero-order valence-corrected chi connectivity index (χ0v) is 18.2. The van der Waals surface area contributed by atoms with Gasteiger partial charge in [-0.1, -0.05) is 12.1 Å². The van der Waals surface area contributed by atoms with E-state index >= 15 is 0 Å². The molecule has 31 heavy (non-hydrogen) atoms. The van der Waals surface area contributed by atoms with Crippen molar-refractivity contribution in [3.63, 3.8) is 0 Å². The number of hydrogen-bond donors (Lipinski definition) is 2. The van der Waals surface area contributed by atoms with Gasteiger partial charge in [-0.2, -0.15) is 5.10 Å². The summed E-state index contributed by atoms with van der Waals surface area (Å²) >= 11 is 0. The molecule has 6 nitrogen and oxygen atoms in total. The first kappa shape index (κ1) is 21.1. The Bertz CT molecular complexity index is 1000. The third kappa shape index (κ3) is 5.52. The van der Waals surface area contributed by atoms with Crippen LogP contribution in [0.5, 0.6) is 5.75 Å². The van der Waals surface area contributed by atoms with E-state index in [0.29, 0.717) is 12.2 Å². The Morgan fingerprint density at radius 3 is 2.61 bits per heavy atom. The van der Waals surface area contributed by atoms with E-state index < -0.39 is 0 Å². The summed E-state index contributed by atoms with van der Waals surface area (Å²) in [4.78, 5) is 14.7. The van der Waals surface area contributed by atoms with Crippen LogP contribution in [0.1, 0.15) is 37.0 Å². The maximum atomic E-state index is 12.3. The molecule has 0 spiro atoms. The fourth-order valence-electron chi connectivity index (χ4n) is 3.81. The number of carbonyl (C=O) groups excluding carboxylic acids is 1. The largest absolute Gasteiger partial charge is 0.492 e.